The van der Waals surface area contributed by atoms with Crippen molar-refractivity contribution in [2.24, 2.45) is 11.7 Å². The Labute approximate surface area is 109 Å². The van der Waals surface area contributed by atoms with Crippen LogP contribution in [0.3, 0.4) is 0 Å². The molecule has 0 aromatic heterocycles. The molecular weight excluding hydrogens is 230 g/mol. The van der Waals surface area contributed by atoms with E-state index in [-0.39, 0.29) is 12.3 Å². The average Bonchev–Trinajstić information content (AvgIpc) is 2.34. The Balaban J connectivity index is 2.43. The topological polar surface area (TPSA) is 75.4 Å². The van der Waals surface area contributed by atoms with Gasteiger partial charge in [-0.3, -0.25) is 9.59 Å². The zero-order valence-corrected chi connectivity index (χ0v) is 11.4. The lowest BCUT2D eigenvalue weighted by molar-refractivity contribution is -0.135. The summed E-state index contributed by atoms with van der Waals surface area (Å²) in [5.74, 6) is 0.0210. The Hall–Kier alpha value is -1.10. The summed E-state index contributed by atoms with van der Waals surface area (Å²) < 4.78 is 0. The Bertz CT molecular complexity index is 286. The standard InChI is InChI=1S/C13H25N3O2/c1-10(2)9-15-11(13(14)18)8-12(17)16-6-4-3-5-7-16/h10-11,15H,3-9H2,1-2H3,(H2,14,18). The lowest BCUT2D eigenvalue weighted by Gasteiger charge is -2.28. The number of nitrogens with one attached hydrogen (secondary N) is 1. The van der Waals surface area contributed by atoms with E-state index in [1.54, 1.807) is 0 Å². The quantitative estimate of drug-likeness (QED) is 0.725. The van der Waals surface area contributed by atoms with Gasteiger partial charge in [-0.25, -0.2) is 0 Å². The second-order valence-electron chi connectivity index (χ2n) is 5.40. The van der Waals surface area contributed by atoms with Gasteiger partial charge in [0.25, 0.3) is 0 Å². The first-order valence-corrected chi connectivity index (χ1v) is 6.81. The van der Waals surface area contributed by atoms with Gasteiger partial charge >= 0.3 is 0 Å². The van der Waals surface area contributed by atoms with Gasteiger partial charge in [0.1, 0.15) is 0 Å². The molecule has 1 saturated heterocycles. The normalized spacial score (nSPS) is 17.8. The van der Waals surface area contributed by atoms with Gasteiger partial charge in [-0.05, 0) is 31.7 Å². The molecule has 0 saturated carbocycles. The van der Waals surface area contributed by atoms with Crippen molar-refractivity contribution in [1.29, 1.82) is 0 Å². The van der Waals surface area contributed by atoms with Crippen LogP contribution >= 0.6 is 0 Å². The summed E-state index contributed by atoms with van der Waals surface area (Å²) in [5.41, 5.74) is 5.33. The number of hydrogen-bond acceptors (Lipinski definition) is 3. The van der Waals surface area contributed by atoms with Crippen LogP contribution in [0.5, 0.6) is 0 Å². The summed E-state index contributed by atoms with van der Waals surface area (Å²) in [7, 11) is 0. The van der Waals surface area contributed by atoms with Crippen LogP contribution in [0.4, 0.5) is 0 Å². The van der Waals surface area contributed by atoms with Gasteiger partial charge in [0, 0.05) is 13.1 Å². The molecule has 3 N–H and O–H groups in total. The molecule has 18 heavy (non-hydrogen) atoms. The van der Waals surface area contributed by atoms with Gasteiger partial charge < -0.3 is 16.0 Å². The molecule has 0 aromatic rings. The summed E-state index contributed by atoms with van der Waals surface area (Å²) in [6.45, 7) is 6.43. The van der Waals surface area contributed by atoms with E-state index in [4.69, 9.17) is 5.73 Å². The highest BCUT2D eigenvalue weighted by Gasteiger charge is 2.23. The number of rotatable bonds is 6. The molecule has 1 unspecified atom stereocenters. The van der Waals surface area contributed by atoms with Gasteiger partial charge in [-0.15, -0.1) is 0 Å². The maximum atomic E-state index is 12.0. The molecule has 1 rings (SSSR count). The first-order chi connectivity index (χ1) is 8.50. The molecule has 1 aliphatic heterocycles. The van der Waals surface area contributed by atoms with Crippen molar-refractivity contribution < 1.29 is 9.59 Å². The number of carbonyl (C=O) groups excluding carboxylic acids is 2. The summed E-state index contributed by atoms with van der Waals surface area (Å²) in [6.07, 6.45) is 3.50. The number of nitrogens with two attached hydrogens (primary N) is 1. The smallest absolute Gasteiger partial charge is 0.235 e. The minimum atomic E-state index is -0.540. The van der Waals surface area contributed by atoms with Crippen LogP contribution in [-0.4, -0.2) is 42.4 Å². The third kappa shape index (κ3) is 5.04. The Morgan fingerprint density at radius 3 is 2.33 bits per heavy atom. The van der Waals surface area contributed by atoms with E-state index in [0.717, 1.165) is 25.9 Å². The summed E-state index contributed by atoms with van der Waals surface area (Å²) in [4.78, 5) is 25.2. The van der Waals surface area contributed by atoms with Crippen LogP contribution in [0.2, 0.25) is 0 Å². The molecule has 0 bridgehead atoms. The van der Waals surface area contributed by atoms with Gasteiger partial charge in [-0.1, -0.05) is 13.8 Å². The third-order valence-corrected chi connectivity index (χ3v) is 3.20. The van der Waals surface area contributed by atoms with E-state index in [1.165, 1.54) is 6.42 Å². The predicted octanol–water partition coefficient (Wildman–Crippen LogP) is 0.489. The fourth-order valence-electron chi connectivity index (χ4n) is 2.10. The first-order valence-electron chi connectivity index (χ1n) is 6.81. The molecule has 1 aliphatic rings. The van der Waals surface area contributed by atoms with Crippen molar-refractivity contribution in [2.75, 3.05) is 19.6 Å². The zero-order valence-electron chi connectivity index (χ0n) is 11.4. The summed E-state index contributed by atoms with van der Waals surface area (Å²) in [5, 5.41) is 3.07. The molecule has 1 atom stereocenters. The summed E-state index contributed by atoms with van der Waals surface area (Å²) in [6, 6.07) is -0.540. The van der Waals surface area contributed by atoms with Crippen LogP contribution in [-0.2, 0) is 9.59 Å². The molecule has 1 fully saturated rings. The van der Waals surface area contributed by atoms with Crippen molar-refractivity contribution in [3.05, 3.63) is 0 Å². The van der Waals surface area contributed by atoms with Crippen molar-refractivity contribution in [2.45, 2.75) is 45.6 Å². The highest BCUT2D eigenvalue weighted by Crippen LogP contribution is 2.10. The van der Waals surface area contributed by atoms with E-state index in [2.05, 4.69) is 19.2 Å². The molecule has 104 valence electrons. The van der Waals surface area contributed by atoms with Gasteiger partial charge in [0.2, 0.25) is 11.8 Å². The molecule has 0 spiro atoms. The van der Waals surface area contributed by atoms with Crippen LogP contribution in [0, 0.1) is 5.92 Å². The molecule has 2 amide bonds. The maximum Gasteiger partial charge on any atom is 0.235 e. The molecule has 0 aliphatic carbocycles. The average molecular weight is 255 g/mol. The van der Waals surface area contributed by atoms with E-state index >= 15 is 0 Å². The number of hydrogen-bond donors (Lipinski definition) is 2. The van der Waals surface area contributed by atoms with E-state index < -0.39 is 11.9 Å². The van der Waals surface area contributed by atoms with Crippen molar-refractivity contribution in [3.63, 3.8) is 0 Å². The van der Waals surface area contributed by atoms with Crippen LogP contribution in [0.15, 0.2) is 0 Å². The second kappa shape index (κ2) is 7.36. The molecular formula is C13H25N3O2. The number of primary amides is 1. The molecule has 1 heterocycles. The van der Waals surface area contributed by atoms with Crippen LogP contribution in [0.25, 0.3) is 0 Å². The number of nitrogens with zero attached hydrogens (tertiary/aromatic N) is 1. The fraction of sp³-hybridized carbons (Fsp3) is 0.846. The third-order valence-electron chi connectivity index (χ3n) is 3.20. The SMILES string of the molecule is CC(C)CNC(CC(=O)N1CCCCC1)C(N)=O. The molecule has 5 nitrogen and oxygen atoms in total. The van der Waals surface area contributed by atoms with E-state index in [9.17, 15) is 9.59 Å². The zero-order chi connectivity index (χ0) is 13.5. The monoisotopic (exact) mass is 255 g/mol. The number of amides is 2. The van der Waals surface area contributed by atoms with Crippen molar-refractivity contribution >= 4 is 11.8 Å². The van der Waals surface area contributed by atoms with Gasteiger partial charge in [0.15, 0.2) is 0 Å². The Morgan fingerprint density at radius 2 is 1.83 bits per heavy atom. The van der Waals surface area contributed by atoms with Gasteiger partial charge in [-0.2, -0.15) is 0 Å². The molecule has 0 aromatic carbocycles. The minimum Gasteiger partial charge on any atom is -0.368 e. The van der Waals surface area contributed by atoms with Gasteiger partial charge in [0.05, 0.1) is 12.5 Å². The lowest BCUT2D eigenvalue weighted by Crippen LogP contribution is -2.47. The second-order valence-corrected chi connectivity index (χ2v) is 5.40. The number of piperidine rings is 1. The number of likely N-dealkylation sites (tertiary alicyclic amines) is 1. The maximum absolute atomic E-state index is 12.0. The molecule has 0 radical (unpaired) electrons. The Morgan fingerprint density at radius 1 is 1.22 bits per heavy atom. The highest BCUT2D eigenvalue weighted by atomic mass is 16.2. The lowest BCUT2D eigenvalue weighted by atomic mass is 10.1. The summed E-state index contributed by atoms with van der Waals surface area (Å²) >= 11 is 0. The Kier molecular flexibility index (Phi) is 6.12. The predicted molar refractivity (Wildman–Crippen MR) is 70.9 cm³/mol. The van der Waals surface area contributed by atoms with Crippen LogP contribution in [0.1, 0.15) is 39.5 Å². The largest absolute Gasteiger partial charge is 0.368 e. The van der Waals surface area contributed by atoms with E-state index in [1.807, 2.05) is 4.90 Å². The van der Waals surface area contributed by atoms with Crippen molar-refractivity contribution in [1.82, 2.24) is 10.2 Å². The fourth-order valence-corrected chi connectivity index (χ4v) is 2.10. The first kappa shape index (κ1) is 15.0. The minimum absolute atomic E-state index is 0.0368. The van der Waals surface area contributed by atoms with Crippen LogP contribution < -0.4 is 11.1 Å². The van der Waals surface area contributed by atoms with E-state index in [0.29, 0.717) is 12.5 Å². The number of carbonyl (C=O) groups is 2. The molecule has 5 heteroatoms. The van der Waals surface area contributed by atoms with Crippen molar-refractivity contribution in [3.8, 4) is 0 Å². The highest BCUT2D eigenvalue weighted by molar-refractivity contribution is 5.87.